The molecule has 0 bridgehead atoms. The lowest BCUT2D eigenvalue weighted by Crippen LogP contribution is -2.19. The van der Waals surface area contributed by atoms with E-state index < -0.39 is 10.0 Å². The minimum Gasteiger partial charge on any atom is -0.332 e. The molecular weight excluding hydrogens is 332 g/mol. The Labute approximate surface area is 132 Å². The highest BCUT2D eigenvalue weighted by Gasteiger charge is 2.07. The van der Waals surface area contributed by atoms with Gasteiger partial charge in [0.2, 0.25) is 10.0 Å². The van der Waals surface area contributed by atoms with Crippen LogP contribution in [0.15, 0.2) is 47.5 Å². The topological polar surface area (TPSA) is 97.1 Å². The summed E-state index contributed by atoms with van der Waals surface area (Å²) in [5.74, 6) is 0.540. The first-order valence-corrected chi connectivity index (χ1v) is 8.00. The number of benzene rings is 1. The number of halogens is 1. The second-order valence-electron chi connectivity index (χ2n) is 4.01. The quantitative estimate of drug-likeness (QED) is 0.740. The molecule has 2 rings (SSSR count). The van der Waals surface area contributed by atoms with Crippen molar-refractivity contribution in [2.24, 2.45) is 5.14 Å². The summed E-state index contributed by atoms with van der Waals surface area (Å²) in [6.45, 7) is 0. The number of thiocarbonyl (C=S) groups is 1. The Kier molecular flexibility index (Phi) is 4.73. The molecule has 1 heterocycles. The lowest BCUT2D eigenvalue weighted by Gasteiger charge is -2.10. The van der Waals surface area contributed by atoms with Crippen LogP contribution in [0.2, 0.25) is 5.02 Å². The van der Waals surface area contributed by atoms with Crippen molar-refractivity contribution >= 4 is 50.5 Å². The molecule has 0 aliphatic carbocycles. The average Bonchev–Trinajstić information content (AvgIpc) is 2.41. The fourth-order valence-electron chi connectivity index (χ4n) is 1.46. The smallest absolute Gasteiger partial charge is 0.238 e. The Hall–Kier alpha value is -1.74. The van der Waals surface area contributed by atoms with Crippen LogP contribution in [0.5, 0.6) is 0 Å². The fourth-order valence-corrected chi connectivity index (χ4v) is 2.31. The normalized spacial score (nSPS) is 11.0. The van der Waals surface area contributed by atoms with Gasteiger partial charge in [-0.15, -0.1) is 0 Å². The van der Waals surface area contributed by atoms with Gasteiger partial charge in [-0.25, -0.2) is 18.5 Å². The van der Waals surface area contributed by atoms with E-state index in [2.05, 4.69) is 15.6 Å². The number of anilines is 2. The van der Waals surface area contributed by atoms with Crippen LogP contribution in [-0.4, -0.2) is 18.5 Å². The fraction of sp³-hybridized carbons (Fsp3) is 0. The van der Waals surface area contributed by atoms with E-state index in [4.69, 9.17) is 29.0 Å². The van der Waals surface area contributed by atoms with Gasteiger partial charge in [-0.05, 0) is 48.6 Å². The Morgan fingerprint density at radius 1 is 1.14 bits per heavy atom. The van der Waals surface area contributed by atoms with Gasteiger partial charge in [0, 0.05) is 11.9 Å². The highest BCUT2D eigenvalue weighted by molar-refractivity contribution is 7.89. The summed E-state index contributed by atoms with van der Waals surface area (Å²) in [6.07, 6.45) is 1.49. The van der Waals surface area contributed by atoms with E-state index in [9.17, 15) is 8.42 Å². The third-order valence-electron chi connectivity index (χ3n) is 2.41. The van der Waals surface area contributed by atoms with Crippen LogP contribution in [0.3, 0.4) is 0 Å². The van der Waals surface area contributed by atoms with Crippen molar-refractivity contribution in [2.75, 3.05) is 10.6 Å². The molecule has 21 heavy (non-hydrogen) atoms. The molecule has 110 valence electrons. The molecular formula is C12H11ClN4O2S2. The molecule has 0 saturated carbocycles. The van der Waals surface area contributed by atoms with Gasteiger partial charge >= 0.3 is 0 Å². The highest BCUT2D eigenvalue weighted by Crippen LogP contribution is 2.14. The molecule has 0 spiro atoms. The first-order chi connectivity index (χ1) is 9.84. The molecule has 0 unspecified atom stereocenters. The van der Waals surface area contributed by atoms with E-state index in [0.29, 0.717) is 21.6 Å². The Bertz CT molecular complexity index is 746. The van der Waals surface area contributed by atoms with Crippen LogP contribution in [0.1, 0.15) is 0 Å². The summed E-state index contributed by atoms with van der Waals surface area (Å²) >= 11 is 10.9. The van der Waals surface area contributed by atoms with Gasteiger partial charge in [-0.2, -0.15) is 0 Å². The second-order valence-corrected chi connectivity index (χ2v) is 6.42. The van der Waals surface area contributed by atoms with Gasteiger partial charge < -0.3 is 10.6 Å². The first-order valence-electron chi connectivity index (χ1n) is 5.67. The lowest BCUT2D eigenvalue weighted by atomic mass is 10.3. The van der Waals surface area contributed by atoms with E-state index in [-0.39, 0.29) is 4.90 Å². The Morgan fingerprint density at radius 2 is 1.81 bits per heavy atom. The standard InChI is InChI=1S/C12H11ClN4O2S2/c13-8-1-6-11(15-7-8)17-12(20)16-9-2-4-10(5-3-9)21(14,18)19/h1-7H,(H2,14,18,19)(H2,15,16,17,20). The summed E-state index contributed by atoms with van der Waals surface area (Å²) in [6, 6.07) is 9.26. The van der Waals surface area contributed by atoms with E-state index in [1.54, 1.807) is 24.3 Å². The van der Waals surface area contributed by atoms with E-state index >= 15 is 0 Å². The van der Waals surface area contributed by atoms with Crippen molar-refractivity contribution in [1.29, 1.82) is 0 Å². The summed E-state index contributed by atoms with van der Waals surface area (Å²) in [5, 5.41) is 11.6. The molecule has 1 aromatic heterocycles. The van der Waals surface area contributed by atoms with Gasteiger partial charge in [0.15, 0.2) is 5.11 Å². The number of nitrogens with one attached hydrogen (secondary N) is 2. The van der Waals surface area contributed by atoms with Gasteiger partial charge in [0.1, 0.15) is 5.82 Å². The molecule has 0 saturated heterocycles. The molecule has 9 heteroatoms. The van der Waals surface area contributed by atoms with E-state index in [1.807, 2.05) is 0 Å². The number of nitrogens with two attached hydrogens (primary N) is 1. The molecule has 4 N–H and O–H groups in total. The van der Waals surface area contributed by atoms with Crippen molar-refractivity contribution in [1.82, 2.24) is 4.98 Å². The number of primary sulfonamides is 1. The Morgan fingerprint density at radius 3 is 2.33 bits per heavy atom. The number of aromatic nitrogens is 1. The summed E-state index contributed by atoms with van der Waals surface area (Å²) in [5.41, 5.74) is 0.619. The summed E-state index contributed by atoms with van der Waals surface area (Å²) in [7, 11) is -3.70. The third-order valence-corrected chi connectivity index (χ3v) is 3.77. The predicted molar refractivity (Wildman–Crippen MR) is 86.9 cm³/mol. The van der Waals surface area contributed by atoms with Crippen LogP contribution in [0.4, 0.5) is 11.5 Å². The molecule has 2 aromatic rings. The van der Waals surface area contributed by atoms with Crippen LogP contribution in [0, 0.1) is 0 Å². The monoisotopic (exact) mass is 342 g/mol. The molecule has 0 aliphatic heterocycles. The maximum absolute atomic E-state index is 11.1. The van der Waals surface area contributed by atoms with Crippen molar-refractivity contribution < 1.29 is 8.42 Å². The van der Waals surface area contributed by atoms with E-state index in [1.165, 1.54) is 18.3 Å². The average molecular weight is 343 g/mol. The molecule has 1 aromatic carbocycles. The van der Waals surface area contributed by atoms with Crippen LogP contribution in [0.25, 0.3) is 0 Å². The zero-order valence-electron chi connectivity index (χ0n) is 10.6. The number of rotatable bonds is 3. The van der Waals surface area contributed by atoms with E-state index in [0.717, 1.165) is 0 Å². The number of hydrogen-bond acceptors (Lipinski definition) is 4. The Balaban J connectivity index is 2.01. The summed E-state index contributed by atoms with van der Waals surface area (Å²) in [4.78, 5) is 4.07. The highest BCUT2D eigenvalue weighted by atomic mass is 35.5. The lowest BCUT2D eigenvalue weighted by molar-refractivity contribution is 0.598. The maximum atomic E-state index is 11.1. The zero-order valence-corrected chi connectivity index (χ0v) is 13.0. The molecule has 6 nitrogen and oxygen atoms in total. The number of sulfonamides is 1. The van der Waals surface area contributed by atoms with Gasteiger partial charge in [-0.3, -0.25) is 0 Å². The summed E-state index contributed by atoms with van der Waals surface area (Å²) < 4.78 is 22.3. The largest absolute Gasteiger partial charge is 0.332 e. The van der Waals surface area contributed by atoms with Crippen LogP contribution >= 0.6 is 23.8 Å². The minimum absolute atomic E-state index is 0.0336. The molecule has 0 radical (unpaired) electrons. The minimum atomic E-state index is -3.70. The maximum Gasteiger partial charge on any atom is 0.238 e. The number of nitrogens with zero attached hydrogens (tertiary/aromatic N) is 1. The molecule has 0 fully saturated rings. The number of pyridine rings is 1. The number of hydrogen-bond donors (Lipinski definition) is 3. The first kappa shape index (κ1) is 15.6. The van der Waals surface area contributed by atoms with Gasteiger partial charge in [0.05, 0.1) is 9.92 Å². The molecule has 0 aliphatic rings. The van der Waals surface area contributed by atoms with Crippen molar-refractivity contribution in [2.45, 2.75) is 4.90 Å². The van der Waals surface area contributed by atoms with Gasteiger partial charge in [-0.1, -0.05) is 11.6 Å². The molecule has 0 amide bonds. The van der Waals surface area contributed by atoms with Crippen LogP contribution < -0.4 is 15.8 Å². The SMILES string of the molecule is NS(=O)(=O)c1ccc(NC(=S)Nc2ccc(Cl)cn2)cc1. The zero-order chi connectivity index (χ0) is 15.5. The van der Waals surface area contributed by atoms with Crippen molar-refractivity contribution in [3.63, 3.8) is 0 Å². The van der Waals surface area contributed by atoms with Crippen molar-refractivity contribution in [3.8, 4) is 0 Å². The van der Waals surface area contributed by atoms with Crippen molar-refractivity contribution in [3.05, 3.63) is 47.6 Å². The van der Waals surface area contributed by atoms with Crippen LogP contribution in [-0.2, 0) is 10.0 Å². The predicted octanol–water partition coefficient (Wildman–Crippen LogP) is 2.19. The third kappa shape index (κ3) is 4.64. The molecule has 0 atom stereocenters. The second kappa shape index (κ2) is 6.35. The van der Waals surface area contributed by atoms with Gasteiger partial charge in [0.25, 0.3) is 0 Å².